The molecule has 1 saturated heterocycles. The van der Waals surface area contributed by atoms with E-state index in [1.54, 1.807) is 0 Å². The highest BCUT2D eigenvalue weighted by Gasteiger charge is 2.50. The van der Waals surface area contributed by atoms with E-state index in [1.165, 1.54) is 4.90 Å². The van der Waals surface area contributed by atoms with Crippen molar-refractivity contribution in [3.8, 4) is 0 Å². The van der Waals surface area contributed by atoms with E-state index in [9.17, 15) is 9.59 Å². The van der Waals surface area contributed by atoms with Crippen molar-refractivity contribution in [2.75, 3.05) is 4.90 Å². The summed E-state index contributed by atoms with van der Waals surface area (Å²) in [5.74, 6) is -0.0992. The van der Waals surface area contributed by atoms with Crippen LogP contribution in [0.2, 0.25) is 0 Å². The number of hydrogen-bond acceptors (Lipinski definition) is 2. The molecule has 3 nitrogen and oxygen atoms in total. The number of fused-ring (bicyclic) bond motifs is 1. The molecule has 2 aliphatic rings. The lowest BCUT2D eigenvalue weighted by atomic mass is 10.00. The smallest absolute Gasteiger partial charge is 0.237 e. The van der Waals surface area contributed by atoms with Crippen molar-refractivity contribution in [2.24, 2.45) is 11.8 Å². The molecule has 1 heterocycles. The maximum Gasteiger partial charge on any atom is 0.237 e. The van der Waals surface area contributed by atoms with Crippen LogP contribution < -0.4 is 4.90 Å². The van der Waals surface area contributed by atoms with E-state index in [0.29, 0.717) is 5.69 Å². The van der Waals surface area contributed by atoms with Gasteiger partial charge < -0.3 is 0 Å². The summed E-state index contributed by atoms with van der Waals surface area (Å²) >= 11 is 0. The van der Waals surface area contributed by atoms with Gasteiger partial charge in [0.05, 0.1) is 17.5 Å². The normalized spacial score (nSPS) is 28.6. The van der Waals surface area contributed by atoms with E-state index in [1.807, 2.05) is 30.3 Å². The molecule has 0 N–H and O–H groups in total. The van der Waals surface area contributed by atoms with Gasteiger partial charge in [0.25, 0.3) is 0 Å². The molecule has 3 rings (SSSR count). The summed E-state index contributed by atoms with van der Waals surface area (Å²) in [5.41, 5.74) is 0.715. The molecule has 0 spiro atoms. The number of para-hydroxylation sites is 1. The second-order valence-corrected chi connectivity index (χ2v) is 4.49. The average Bonchev–Trinajstić information content (AvgIpc) is 2.86. The van der Waals surface area contributed by atoms with Crippen molar-refractivity contribution in [1.29, 1.82) is 0 Å². The lowest BCUT2D eigenvalue weighted by molar-refractivity contribution is -0.122. The van der Waals surface area contributed by atoms with Gasteiger partial charge in [-0.3, -0.25) is 14.5 Å². The zero-order chi connectivity index (χ0) is 11.1. The molecule has 82 valence electrons. The topological polar surface area (TPSA) is 37.4 Å². The molecule has 1 saturated carbocycles. The minimum Gasteiger partial charge on any atom is -0.274 e. The zero-order valence-corrected chi connectivity index (χ0v) is 8.93. The fourth-order valence-corrected chi connectivity index (χ4v) is 2.82. The predicted molar refractivity (Wildman–Crippen MR) is 59.8 cm³/mol. The number of nitrogens with zero attached hydrogens (tertiary/aromatic N) is 1. The van der Waals surface area contributed by atoms with Gasteiger partial charge in [-0.2, -0.15) is 0 Å². The maximum absolute atomic E-state index is 12.1. The molecule has 2 atom stereocenters. The van der Waals surface area contributed by atoms with Crippen molar-refractivity contribution in [1.82, 2.24) is 0 Å². The summed E-state index contributed by atoms with van der Waals surface area (Å²) in [6, 6.07) is 9.22. The van der Waals surface area contributed by atoms with E-state index in [2.05, 4.69) is 0 Å². The van der Waals surface area contributed by atoms with Crippen molar-refractivity contribution in [2.45, 2.75) is 19.3 Å². The first kappa shape index (κ1) is 9.58. The zero-order valence-electron chi connectivity index (χ0n) is 8.93. The van der Waals surface area contributed by atoms with E-state index in [0.717, 1.165) is 19.3 Å². The van der Waals surface area contributed by atoms with Gasteiger partial charge >= 0.3 is 0 Å². The van der Waals surface area contributed by atoms with Crippen LogP contribution >= 0.6 is 0 Å². The first-order valence-corrected chi connectivity index (χ1v) is 5.72. The largest absolute Gasteiger partial charge is 0.274 e. The second-order valence-electron chi connectivity index (χ2n) is 4.49. The molecular formula is C13H13NO2. The lowest BCUT2D eigenvalue weighted by Gasteiger charge is -2.15. The first-order valence-electron chi connectivity index (χ1n) is 5.72. The Bertz CT molecular complexity index is 419. The Labute approximate surface area is 94.1 Å². The molecular weight excluding hydrogens is 202 g/mol. The minimum absolute atomic E-state index is 0.00120. The van der Waals surface area contributed by atoms with Crippen molar-refractivity contribution in [3.05, 3.63) is 30.3 Å². The number of amides is 2. The van der Waals surface area contributed by atoms with Gasteiger partial charge in [0.2, 0.25) is 11.8 Å². The Kier molecular flexibility index (Phi) is 2.06. The molecule has 0 bridgehead atoms. The van der Waals surface area contributed by atoms with E-state index in [4.69, 9.17) is 0 Å². The summed E-state index contributed by atoms with van der Waals surface area (Å²) in [6.07, 6.45) is 2.76. The van der Waals surface area contributed by atoms with E-state index in [-0.39, 0.29) is 23.7 Å². The number of carbonyl (C=O) groups is 2. The third-order valence-electron chi connectivity index (χ3n) is 3.61. The molecule has 0 radical (unpaired) electrons. The molecule has 2 fully saturated rings. The maximum atomic E-state index is 12.1. The Morgan fingerprint density at radius 2 is 1.50 bits per heavy atom. The van der Waals surface area contributed by atoms with Gasteiger partial charge in [-0.15, -0.1) is 0 Å². The van der Waals surface area contributed by atoms with E-state index < -0.39 is 0 Å². The number of anilines is 1. The van der Waals surface area contributed by atoms with Gasteiger partial charge in [-0.25, -0.2) is 0 Å². The van der Waals surface area contributed by atoms with Crippen molar-refractivity contribution in [3.63, 3.8) is 0 Å². The number of imide groups is 1. The van der Waals surface area contributed by atoms with E-state index >= 15 is 0 Å². The Morgan fingerprint density at radius 3 is 2.06 bits per heavy atom. The van der Waals surface area contributed by atoms with Gasteiger partial charge in [-0.05, 0) is 25.0 Å². The Morgan fingerprint density at radius 1 is 0.938 bits per heavy atom. The first-order chi connectivity index (χ1) is 7.79. The number of benzene rings is 1. The van der Waals surface area contributed by atoms with Gasteiger partial charge in [0, 0.05) is 0 Å². The van der Waals surface area contributed by atoms with Crippen LogP contribution in [0.15, 0.2) is 30.3 Å². The highest BCUT2D eigenvalue weighted by molar-refractivity contribution is 6.22. The number of rotatable bonds is 1. The fourth-order valence-electron chi connectivity index (χ4n) is 2.82. The van der Waals surface area contributed by atoms with Gasteiger partial charge in [0.15, 0.2) is 0 Å². The molecule has 2 unspecified atom stereocenters. The minimum atomic E-state index is -0.0484. The molecule has 1 aromatic rings. The second kappa shape index (κ2) is 3.44. The quantitative estimate of drug-likeness (QED) is 0.672. The van der Waals surface area contributed by atoms with Crippen LogP contribution in [-0.2, 0) is 9.59 Å². The molecule has 2 amide bonds. The molecule has 3 heteroatoms. The van der Waals surface area contributed by atoms with Crippen LogP contribution in [-0.4, -0.2) is 11.8 Å². The molecule has 1 aliphatic carbocycles. The third-order valence-corrected chi connectivity index (χ3v) is 3.61. The Balaban J connectivity index is 1.98. The van der Waals surface area contributed by atoms with Gasteiger partial charge in [0.1, 0.15) is 0 Å². The van der Waals surface area contributed by atoms with Crippen LogP contribution in [0.4, 0.5) is 5.69 Å². The van der Waals surface area contributed by atoms with Gasteiger partial charge in [-0.1, -0.05) is 24.6 Å². The summed E-state index contributed by atoms with van der Waals surface area (Å²) in [7, 11) is 0. The van der Waals surface area contributed by atoms with Crippen LogP contribution in [0.5, 0.6) is 0 Å². The highest BCUT2D eigenvalue weighted by atomic mass is 16.2. The molecule has 0 aromatic heterocycles. The molecule has 16 heavy (non-hydrogen) atoms. The van der Waals surface area contributed by atoms with Crippen LogP contribution in [0.25, 0.3) is 0 Å². The third kappa shape index (κ3) is 1.21. The monoisotopic (exact) mass is 215 g/mol. The molecule has 1 aromatic carbocycles. The summed E-state index contributed by atoms with van der Waals surface area (Å²) < 4.78 is 0. The van der Waals surface area contributed by atoms with Crippen molar-refractivity contribution >= 4 is 17.5 Å². The average molecular weight is 215 g/mol. The van der Waals surface area contributed by atoms with Crippen LogP contribution in [0, 0.1) is 11.8 Å². The summed E-state index contributed by atoms with van der Waals surface area (Å²) in [5, 5.41) is 0. The number of hydrogen-bond donors (Lipinski definition) is 0. The Hall–Kier alpha value is -1.64. The summed E-state index contributed by atoms with van der Waals surface area (Å²) in [6.45, 7) is 0. The SMILES string of the molecule is O=C1C2CCCC2C(=O)N1c1ccccc1. The summed E-state index contributed by atoms with van der Waals surface area (Å²) in [4.78, 5) is 25.6. The predicted octanol–water partition coefficient (Wildman–Crippen LogP) is 1.98. The van der Waals surface area contributed by atoms with Crippen LogP contribution in [0.3, 0.4) is 0 Å². The fraction of sp³-hybridized carbons (Fsp3) is 0.385. The lowest BCUT2D eigenvalue weighted by Crippen LogP contribution is -2.31. The molecule has 1 aliphatic heterocycles. The number of carbonyl (C=O) groups excluding carboxylic acids is 2. The standard InChI is InChI=1S/C13H13NO2/c15-12-10-7-4-8-11(10)13(16)14(12)9-5-2-1-3-6-9/h1-3,5-6,10-11H,4,7-8H2. The highest BCUT2D eigenvalue weighted by Crippen LogP contribution is 2.41. The van der Waals surface area contributed by atoms with Crippen LogP contribution in [0.1, 0.15) is 19.3 Å². The van der Waals surface area contributed by atoms with Crippen molar-refractivity contribution < 1.29 is 9.59 Å².